The fourth-order valence-corrected chi connectivity index (χ4v) is 2.02. The molecule has 1 aromatic rings. The van der Waals surface area contributed by atoms with Crippen molar-refractivity contribution in [3.05, 3.63) is 23.9 Å². The number of aromatic nitrogens is 1. The zero-order valence-corrected chi connectivity index (χ0v) is 12.1. The number of pyridine rings is 1. The normalized spacial score (nSPS) is 11.1. The lowest BCUT2D eigenvalue weighted by Gasteiger charge is -2.19. The minimum atomic E-state index is -0.409. The van der Waals surface area contributed by atoms with Gasteiger partial charge >= 0.3 is 5.97 Å². The number of carbonyl (C=O) groups excluding carboxylic acids is 1. The second-order valence-corrected chi connectivity index (χ2v) is 5.87. The SMILES string of the molecule is CNc1ccc(CSCC(=O)OC(C)(C)C)cn1. The van der Waals surface area contributed by atoms with Crippen LogP contribution < -0.4 is 5.32 Å². The van der Waals surface area contributed by atoms with E-state index in [1.807, 2.05) is 46.1 Å². The third kappa shape index (κ3) is 5.91. The van der Waals surface area contributed by atoms with Crippen LogP contribution in [0.2, 0.25) is 0 Å². The van der Waals surface area contributed by atoms with Gasteiger partial charge in [0.15, 0.2) is 0 Å². The van der Waals surface area contributed by atoms with Crippen LogP contribution in [0.25, 0.3) is 0 Å². The quantitative estimate of drug-likeness (QED) is 0.832. The van der Waals surface area contributed by atoms with Gasteiger partial charge in [-0.3, -0.25) is 4.79 Å². The number of hydrogen-bond donors (Lipinski definition) is 1. The van der Waals surface area contributed by atoms with Crippen LogP contribution >= 0.6 is 11.8 Å². The van der Waals surface area contributed by atoms with Crippen molar-refractivity contribution in [1.29, 1.82) is 0 Å². The second kappa shape index (κ2) is 6.64. The molecule has 100 valence electrons. The fourth-order valence-electron chi connectivity index (χ4n) is 1.28. The molecule has 18 heavy (non-hydrogen) atoms. The van der Waals surface area contributed by atoms with Gasteiger partial charge in [0, 0.05) is 19.0 Å². The van der Waals surface area contributed by atoms with Crippen LogP contribution in [-0.2, 0) is 15.3 Å². The van der Waals surface area contributed by atoms with Gasteiger partial charge in [0.25, 0.3) is 0 Å². The summed E-state index contributed by atoms with van der Waals surface area (Å²) in [7, 11) is 1.83. The van der Waals surface area contributed by atoms with Crippen molar-refractivity contribution < 1.29 is 9.53 Å². The number of ether oxygens (including phenoxy) is 1. The maximum Gasteiger partial charge on any atom is 0.316 e. The Balaban J connectivity index is 2.30. The second-order valence-electron chi connectivity index (χ2n) is 4.88. The molecule has 5 heteroatoms. The van der Waals surface area contributed by atoms with E-state index in [1.54, 1.807) is 0 Å². The minimum Gasteiger partial charge on any atom is -0.459 e. The first-order chi connectivity index (χ1) is 8.40. The predicted molar refractivity (Wildman–Crippen MR) is 75.8 cm³/mol. The summed E-state index contributed by atoms with van der Waals surface area (Å²) in [6.07, 6.45) is 1.81. The van der Waals surface area contributed by atoms with Gasteiger partial charge in [-0.2, -0.15) is 0 Å². The number of nitrogens with one attached hydrogen (secondary N) is 1. The van der Waals surface area contributed by atoms with E-state index in [0.717, 1.165) is 17.1 Å². The van der Waals surface area contributed by atoms with Gasteiger partial charge in [-0.1, -0.05) is 6.07 Å². The predicted octanol–water partition coefficient (Wildman–Crippen LogP) is 2.70. The highest BCUT2D eigenvalue weighted by Gasteiger charge is 2.15. The monoisotopic (exact) mass is 268 g/mol. The molecule has 0 saturated heterocycles. The van der Waals surface area contributed by atoms with Crippen LogP contribution in [0.3, 0.4) is 0 Å². The molecule has 0 aliphatic heterocycles. The van der Waals surface area contributed by atoms with Crippen molar-refractivity contribution in [2.75, 3.05) is 18.1 Å². The van der Waals surface area contributed by atoms with Crippen LogP contribution in [0.5, 0.6) is 0 Å². The molecule has 1 rings (SSSR count). The Morgan fingerprint density at radius 1 is 1.44 bits per heavy atom. The number of thioether (sulfide) groups is 1. The topological polar surface area (TPSA) is 51.2 Å². The molecule has 0 bridgehead atoms. The average molecular weight is 268 g/mol. The molecule has 0 aliphatic rings. The lowest BCUT2D eigenvalue weighted by Crippen LogP contribution is -2.24. The van der Waals surface area contributed by atoms with Crippen LogP contribution in [0.15, 0.2) is 18.3 Å². The number of anilines is 1. The number of carbonyl (C=O) groups is 1. The Bertz CT molecular complexity index is 385. The molecule has 4 nitrogen and oxygen atoms in total. The molecular formula is C13H20N2O2S. The number of nitrogens with zero attached hydrogens (tertiary/aromatic N) is 1. The van der Waals surface area contributed by atoms with Crippen molar-refractivity contribution >= 4 is 23.5 Å². The fraction of sp³-hybridized carbons (Fsp3) is 0.538. The Kier molecular flexibility index (Phi) is 5.47. The molecule has 0 spiro atoms. The Morgan fingerprint density at radius 2 is 2.17 bits per heavy atom. The van der Waals surface area contributed by atoms with E-state index in [2.05, 4.69) is 10.3 Å². The van der Waals surface area contributed by atoms with Gasteiger partial charge < -0.3 is 10.1 Å². The Labute approximate surface area is 113 Å². The van der Waals surface area contributed by atoms with Crippen molar-refractivity contribution in [2.24, 2.45) is 0 Å². The van der Waals surface area contributed by atoms with E-state index < -0.39 is 5.60 Å². The highest BCUT2D eigenvalue weighted by Crippen LogP contribution is 2.15. The molecule has 0 radical (unpaired) electrons. The number of esters is 1. The Hall–Kier alpha value is -1.23. The van der Waals surface area contributed by atoms with Gasteiger partial charge in [-0.05, 0) is 32.4 Å². The summed E-state index contributed by atoms with van der Waals surface area (Å²) in [5.41, 5.74) is 0.691. The summed E-state index contributed by atoms with van der Waals surface area (Å²) in [5.74, 6) is 1.80. The number of hydrogen-bond acceptors (Lipinski definition) is 5. The first kappa shape index (κ1) is 14.8. The summed E-state index contributed by atoms with van der Waals surface area (Å²) < 4.78 is 5.23. The van der Waals surface area contributed by atoms with Gasteiger partial charge in [-0.15, -0.1) is 11.8 Å². The zero-order chi connectivity index (χ0) is 13.6. The molecule has 0 unspecified atom stereocenters. The third-order valence-electron chi connectivity index (χ3n) is 1.99. The van der Waals surface area contributed by atoms with E-state index in [0.29, 0.717) is 5.75 Å². The molecule has 0 aliphatic carbocycles. The van der Waals surface area contributed by atoms with Crippen LogP contribution in [0.1, 0.15) is 26.3 Å². The maximum atomic E-state index is 11.5. The van der Waals surface area contributed by atoms with Gasteiger partial charge in [-0.25, -0.2) is 4.98 Å². The average Bonchev–Trinajstić information content (AvgIpc) is 2.27. The summed E-state index contributed by atoms with van der Waals surface area (Å²) in [6.45, 7) is 5.61. The smallest absolute Gasteiger partial charge is 0.316 e. The first-order valence-corrected chi connectivity index (χ1v) is 6.98. The summed E-state index contributed by atoms with van der Waals surface area (Å²) in [6, 6.07) is 3.92. The van der Waals surface area contributed by atoms with E-state index >= 15 is 0 Å². The molecule has 0 aromatic carbocycles. The van der Waals surface area contributed by atoms with E-state index in [4.69, 9.17) is 4.74 Å². The largest absolute Gasteiger partial charge is 0.459 e. The molecule has 1 aromatic heterocycles. The van der Waals surface area contributed by atoms with E-state index in [9.17, 15) is 4.79 Å². The van der Waals surface area contributed by atoms with Crippen molar-refractivity contribution in [1.82, 2.24) is 4.98 Å². The van der Waals surface area contributed by atoms with Crippen molar-refractivity contribution in [3.63, 3.8) is 0 Å². The van der Waals surface area contributed by atoms with Crippen LogP contribution in [-0.4, -0.2) is 29.4 Å². The maximum absolute atomic E-state index is 11.5. The summed E-state index contributed by atoms with van der Waals surface area (Å²) >= 11 is 1.53. The van der Waals surface area contributed by atoms with Crippen LogP contribution in [0.4, 0.5) is 5.82 Å². The standard InChI is InChI=1S/C13H20N2O2S/c1-13(2,3)17-12(16)9-18-8-10-5-6-11(14-4)15-7-10/h5-7H,8-9H2,1-4H3,(H,14,15). The molecule has 1 heterocycles. The molecule has 0 saturated carbocycles. The van der Waals surface area contributed by atoms with Crippen molar-refractivity contribution in [2.45, 2.75) is 32.1 Å². The van der Waals surface area contributed by atoms with Gasteiger partial charge in [0.05, 0.1) is 5.75 Å². The van der Waals surface area contributed by atoms with Crippen molar-refractivity contribution in [3.8, 4) is 0 Å². The molecule has 1 N–H and O–H groups in total. The molecular weight excluding hydrogens is 248 g/mol. The van der Waals surface area contributed by atoms with E-state index in [1.165, 1.54) is 11.8 Å². The minimum absolute atomic E-state index is 0.174. The summed E-state index contributed by atoms with van der Waals surface area (Å²) in [4.78, 5) is 15.7. The van der Waals surface area contributed by atoms with Gasteiger partial charge in [0.2, 0.25) is 0 Å². The molecule has 0 fully saturated rings. The van der Waals surface area contributed by atoms with E-state index in [-0.39, 0.29) is 5.97 Å². The van der Waals surface area contributed by atoms with Crippen LogP contribution in [0, 0.1) is 0 Å². The zero-order valence-electron chi connectivity index (χ0n) is 11.3. The summed E-state index contributed by atoms with van der Waals surface area (Å²) in [5, 5.41) is 2.96. The first-order valence-electron chi connectivity index (χ1n) is 5.83. The highest BCUT2D eigenvalue weighted by atomic mass is 32.2. The molecule has 0 amide bonds. The lowest BCUT2D eigenvalue weighted by molar-refractivity contribution is -0.151. The number of rotatable bonds is 5. The Morgan fingerprint density at radius 3 is 2.67 bits per heavy atom. The van der Waals surface area contributed by atoms with Gasteiger partial charge in [0.1, 0.15) is 11.4 Å². The lowest BCUT2D eigenvalue weighted by atomic mass is 10.2. The third-order valence-corrected chi connectivity index (χ3v) is 2.97. The molecule has 0 atom stereocenters. The highest BCUT2D eigenvalue weighted by molar-refractivity contribution is 7.99.